The van der Waals surface area contributed by atoms with Crippen molar-refractivity contribution in [3.05, 3.63) is 36.0 Å². The fraction of sp³-hybridized carbons (Fsp3) is 0.556. The fourth-order valence-electron chi connectivity index (χ4n) is 5.09. The third kappa shape index (κ3) is 6.03. The van der Waals surface area contributed by atoms with E-state index in [4.69, 9.17) is 5.73 Å². The lowest BCUT2D eigenvalue weighted by Crippen LogP contribution is -2.49. The van der Waals surface area contributed by atoms with Crippen molar-refractivity contribution in [3.8, 4) is 0 Å². The molecule has 0 bridgehead atoms. The maximum Gasteiger partial charge on any atom is 0.342 e. The second-order valence-corrected chi connectivity index (χ2v) is 10.7. The number of carbonyl (C=O) groups is 2. The first-order valence-electron chi connectivity index (χ1n) is 13.3. The predicted octanol–water partition coefficient (Wildman–Crippen LogP) is 4.22. The van der Waals surface area contributed by atoms with Gasteiger partial charge in [-0.15, -0.1) is 0 Å². The standard InChI is InChI=1S/C27H37F2N7O2/c1-4-15-35-21-16-31-25(32-19-11-9-18(10-12-19)23(37)34-26(2,3)13-14-30)33-22(21)36(20-7-5-6-8-20)17-27(28,29)24(35)38/h9-12,16,20H,4-8,13-15,17,30H2,1-3H3,(H,34,37)(H,31,32,33). The van der Waals surface area contributed by atoms with Crippen LogP contribution < -0.4 is 26.2 Å². The van der Waals surface area contributed by atoms with Gasteiger partial charge in [0.25, 0.3) is 11.8 Å². The number of anilines is 4. The van der Waals surface area contributed by atoms with Crippen LogP contribution in [0.25, 0.3) is 0 Å². The number of nitrogens with one attached hydrogen (secondary N) is 2. The number of alkyl halides is 2. The lowest BCUT2D eigenvalue weighted by Gasteiger charge is -2.31. The minimum Gasteiger partial charge on any atom is -0.347 e. The number of benzene rings is 1. The van der Waals surface area contributed by atoms with Crippen molar-refractivity contribution in [1.29, 1.82) is 0 Å². The van der Waals surface area contributed by atoms with Gasteiger partial charge in [-0.1, -0.05) is 19.8 Å². The van der Waals surface area contributed by atoms with Gasteiger partial charge in [0.05, 0.1) is 12.7 Å². The van der Waals surface area contributed by atoms with Crippen LogP contribution in [0, 0.1) is 0 Å². The van der Waals surface area contributed by atoms with Gasteiger partial charge in [-0.3, -0.25) is 9.59 Å². The Bertz CT molecular complexity index is 1150. The van der Waals surface area contributed by atoms with Crippen molar-refractivity contribution < 1.29 is 18.4 Å². The third-order valence-corrected chi connectivity index (χ3v) is 7.08. The molecule has 2 aromatic rings. The first-order chi connectivity index (χ1) is 18.0. The summed E-state index contributed by atoms with van der Waals surface area (Å²) in [4.78, 5) is 37.1. The van der Waals surface area contributed by atoms with Crippen LogP contribution in [0.2, 0.25) is 0 Å². The molecule has 1 aromatic heterocycles. The Kier molecular flexibility index (Phi) is 8.15. The van der Waals surface area contributed by atoms with Crippen LogP contribution in [-0.4, -0.2) is 58.9 Å². The summed E-state index contributed by atoms with van der Waals surface area (Å²) in [5.74, 6) is -4.38. The number of amides is 2. The average Bonchev–Trinajstić information content (AvgIpc) is 3.38. The number of nitrogens with zero attached hydrogens (tertiary/aromatic N) is 4. The molecule has 0 unspecified atom stereocenters. The number of nitrogens with two attached hydrogens (primary N) is 1. The topological polar surface area (TPSA) is 116 Å². The Morgan fingerprint density at radius 2 is 1.89 bits per heavy atom. The summed E-state index contributed by atoms with van der Waals surface area (Å²) in [6.45, 7) is 5.60. The molecule has 0 spiro atoms. The van der Waals surface area contributed by atoms with Gasteiger partial charge >= 0.3 is 5.92 Å². The summed E-state index contributed by atoms with van der Waals surface area (Å²) in [7, 11) is 0. The molecule has 1 aromatic carbocycles. The maximum atomic E-state index is 15.1. The molecule has 2 amide bonds. The summed E-state index contributed by atoms with van der Waals surface area (Å²) < 4.78 is 30.1. The second-order valence-electron chi connectivity index (χ2n) is 10.7. The van der Waals surface area contributed by atoms with Crippen LogP contribution in [0.3, 0.4) is 0 Å². The molecule has 0 radical (unpaired) electrons. The number of halogens is 2. The van der Waals surface area contributed by atoms with E-state index in [2.05, 4.69) is 20.6 Å². The smallest absolute Gasteiger partial charge is 0.342 e. The molecule has 2 heterocycles. The van der Waals surface area contributed by atoms with Crippen molar-refractivity contribution in [2.75, 3.05) is 34.8 Å². The highest BCUT2D eigenvalue weighted by molar-refractivity contribution is 6.02. The molecule has 4 rings (SSSR count). The molecule has 4 N–H and O–H groups in total. The van der Waals surface area contributed by atoms with E-state index >= 15 is 8.78 Å². The van der Waals surface area contributed by atoms with E-state index in [9.17, 15) is 9.59 Å². The molecule has 2 aliphatic rings. The summed E-state index contributed by atoms with van der Waals surface area (Å²) in [6, 6.07) is 6.73. The van der Waals surface area contributed by atoms with Crippen LogP contribution in [0.4, 0.5) is 31.9 Å². The molecule has 0 atom stereocenters. The molecule has 0 saturated heterocycles. The Hall–Kier alpha value is -3.34. The largest absolute Gasteiger partial charge is 0.347 e. The van der Waals surface area contributed by atoms with E-state index < -0.39 is 23.9 Å². The van der Waals surface area contributed by atoms with Crippen LogP contribution in [-0.2, 0) is 4.79 Å². The van der Waals surface area contributed by atoms with Gasteiger partial charge in [0.1, 0.15) is 5.69 Å². The van der Waals surface area contributed by atoms with E-state index in [1.807, 2.05) is 20.8 Å². The highest BCUT2D eigenvalue weighted by atomic mass is 19.3. The summed E-state index contributed by atoms with van der Waals surface area (Å²) >= 11 is 0. The molecule has 11 heteroatoms. The Balaban J connectivity index is 1.60. The molecular formula is C27H37F2N7O2. The molecule has 1 aliphatic carbocycles. The number of carbonyl (C=O) groups excluding carboxylic acids is 2. The minimum atomic E-state index is -3.53. The quantitative estimate of drug-likeness (QED) is 0.445. The van der Waals surface area contributed by atoms with E-state index in [-0.39, 0.29) is 24.4 Å². The maximum absolute atomic E-state index is 15.1. The second kappa shape index (κ2) is 11.2. The Labute approximate surface area is 222 Å². The van der Waals surface area contributed by atoms with Crippen molar-refractivity contribution in [2.45, 2.75) is 76.8 Å². The fourth-order valence-corrected chi connectivity index (χ4v) is 5.09. The molecule has 1 aliphatic heterocycles. The van der Waals surface area contributed by atoms with E-state index in [0.717, 1.165) is 30.6 Å². The summed E-state index contributed by atoms with van der Waals surface area (Å²) in [5.41, 5.74) is 6.64. The van der Waals surface area contributed by atoms with Gasteiger partial charge in [0.15, 0.2) is 5.82 Å². The number of aromatic nitrogens is 2. The zero-order valence-corrected chi connectivity index (χ0v) is 22.3. The summed E-state index contributed by atoms with van der Waals surface area (Å²) in [5, 5.41) is 6.09. The molecule has 1 saturated carbocycles. The van der Waals surface area contributed by atoms with Crippen LogP contribution >= 0.6 is 0 Å². The Morgan fingerprint density at radius 1 is 1.21 bits per heavy atom. The predicted molar refractivity (Wildman–Crippen MR) is 144 cm³/mol. The van der Waals surface area contributed by atoms with E-state index in [1.54, 1.807) is 29.2 Å². The first-order valence-corrected chi connectivity index (χ1v) is 13.3. The number of hydrogen-bond donors (Lipinski definition) is 3. The van der Waals surface area contributed by atoms with E-state index in [0.29, 0.717) is 42.1 Å². The lowest BCUT2D eigenvalue weighted by atomic mass is 10.00. The first kappa shape index (κ1) is 27.7. The Morgan fingerprint density at radius 3 is 2.53 bits per heavy atom. The van der Waals surface area contributed by atoms with E-state index in [1.165, 1.54) is 6.20 Å². The zero-order chi connectivity index (χ0) is 27.5. The molecule has 1 fully saturated rings. The lowest BCUT2D eigenvalue weighted by molar-refractivity contribution is -0.141. The minimum absolute atomic E-state index is 0.113. The third-order valence-electron chi connectivity index (χ3n) is 7.08. The van der Waals surface area contributed by atoms with Crippen molar-refractivity contribution >= 4 is 35.0 Å². The SMILES string of the molecule is CCCN1C(=O)C(F)(F)CN(C2CCCC2)c2nc(Nc3ccc(C(=O)NC(C)(C)CCN)cc3)ncc21. The number of hydrogen-bond acceptors (Lipinski definition) is 7. The number of rotatable bonds is 9. The highest BCUT2D eigenvalue weighted by Gasteiger charge is 2.49. The normalized spacial score (nSPS) is 17.8. The van der Waals surface area contributed by atoms with Gasteiger partial charge in [-0.05, 0) is 70.3 Å². The van der Waals surface area contributed by atoms with Gasteiger partial charge in [-0.25, -0.2) is 4.98 Å². The van der Waals surface area contributed by atoms with Gasteiger partial charge in [0, 0.05) is 29.4 Å². The number of fused-ring (bicyclic) bond motifs is 1. The van der Waals surface area contributed by atoms with Gasteiger partial charge < -0.3 is 26.2 Å². The van der Waals surface area contributed by atoms with Crippen molar-refractivity contribution in [1.82, 2.24) is 15.3 Å². The highest BCUT2D eigenvalue weighted by Crippen LogP contribution is 2.40. The summed E-state index contributed by atoms with van der Waals surface area (Å²) in [6.07, 6.45) is 6.07. The van der Waals surface area contributed by atoms with Gasteiger partial charge in [0.2, 0.25) is 5.95 Å². The molecule has 206 valence electrons. The average molecular weight is 530 g/mol. The zero-order valence-electron chi connectivity index (χ0n) is 22.3. The van der Waals surface area contributed by atoms with Crippen molar-refractivity contribution in [2.24, 2.45) is 5.73 Å². The monoisotopic (exact) mass is 529 g/mol. The van der Waals surface area contributed by atoms with Crippen LogP contribution in [0.15, 0.2) is 30.5 Å². The molecular weight excluding hydrogens is 492 g/mol. The van der Waals surface area contributed by atoms with Crippen molar-refractivity contribution in [3.63, 3.8) is 0 Å². The van der Waals surface area contributed by atoms with Crippen LogP contribution in [0.5, 0.6) is 0 Å². The van der Waals surface area contributed by atoms with Crippen LogP contribution in [0.1, 0.15) is 69.7 Å². The van der Waals surface area contributed by atoms with Gasteiger partial charge in [-0.2, -0.15) is 13.8 Å². The molecule has 9 nitrogen and oxygen atoms in total. The molecule has 38 heavy (non-hydrogen) atoms.